The number of hydrogen-bond donors (Lipinski definition) is 0. The van der Waals surface area contributed by atoms with Crippen LogP contribution in [0.2, 0.25) is 0 Å². The van der Waals surface area contributed by atoms with Crippen molar-refractivity contribution in [1.29, 1.82) is 0 Å². The van der Waals surface area contributed by atoms with E-state index in [2.05, 4.69) is 4.98 Å². The van der Waals surface area contributed by atoms with Crippen molar-refractivity contribution in [2.24, 2.45) is 5.92 Å². The van der Waals surface area contributed by atoms with Crippen LogP contribution < -0.4 is 0 Å². The summed E-state index contributed by atoms with van der Waals surface area (Å²) >= 11 is 0. The molecular formula is C20H22F2N2O4. The lowest BCUT2D eigenvalue weighted by atomic mass is 10.2. The molecule has 0 aliphatic heterocycles. The molecule has 0 atom stereocenters. The Hall–Kier alpha value is -2.77. The number of aromatic nitrogens is 1. The van der Waals surface area contributed by atoms with Gasteiger partial charge in [0.05, 0.1) is 18.4 Å². The van der Waals surface area contributed by atoms with Gasteiger partial charge < -0.3 is 14.1 Å². The number of oxazole rings is 1. The molecule has 2 aromatic rings. The normalized spacial score (nSPS) is 13.4. The topological polar surface area (TPSA) is 72.6 Å². The molecule has 1 amide bonds. The summed E-state index contributed by atoms with van der Waals surface area (Å²) in [5.41, 5.74) is 0.101. The molecule has 1 saturated carbocycles. The van der Waals surface area contributed by atoms with Crippen LogP contribution in [0.1, 0.15) is 32.1 Å². The molecule has 1 aromatic heterocycles. The smallest absolute Gasteiger partial charge is 0.325 e. The number of nitrogens with zero attached hydrogens (tertiary/aromatic N) is 2. The summed E-state index contributed by atoms with van der Waals surface area (Å²) in [7, 11) is 0. The molecule has 0 N–H and O–H groups in total. The molecule has 1 heterocycles. The standard InChI is InChI=1S/C20H22F2N2O4/c1-2-27-20(26)12-24(11-13-3-4-13)19(25)8-7-18-23-10-17(28-18)15-6-5-14(21)9-16(15)22/h5-6,9-10,13H,2-4,7-8,11-12H2,1H3. The van der Waals surface area contributed by atoms with Gasteiger partial charge in [0.2, 0.25) is 5.91 Å². The number of halogens is 2. The van der Waals surface area contributed by atoms with Gasteiger partial charge in [-0.05, 0) is 37.8 Å². The Morgan fingerprint density at radius 3 is 2.79 bits per heavy atom. The maximum Gasteiger partial charge on any atom is 0.325 e. The van der Waals surface area contributed by atoms with Gasteiger partial charge in [-0.15, -0.1) is 0 Å². The number of amides is 1. The Balaban J connectivity index is 1.59. The number of esters is 1. The predicted octanol–water partition coefficient (Wildman–Crippen LogP) is 3.35. The lowest BCUT2D eigenvalue weighted by Gasteiger charge is -2.21. The number of rotatable bonds is 9. The third-order valence-corrected chi connectivity index (χ3v) is 4.46. The van der Waals surface area contributed by atoms with Crippen molar-refractivity contribution < 1.29 is 27.5 Å². The molecule has 0 radical (unpaired) electrons. The second-order valence-corrected chi connectivity index (χ2v) is 6.77. The highest BCUT2D eigenvalue weighted by molar-refractivity contribution is 5.82. The van der Waals surface area contributed by atoms with E-state index in [1.54, 1.807) is 6.92 Å². The van der Waals surface area contributed by atoms with Crippen LogP contribution in [0.25, 0.3) is 11.3 Å². The van der Waals surface area contributed by atoms with Crippen LogP contribution in [-0.2, 0) is 20.7 Å². The summed E-state index contributed by atoms with van der Waals surface area (Å²) in [6, 6.07) is 3.18. The van der Waals surface area contributed by atoms with Crippen LogP contribution >= 0.6 is 0 Å². The minimum Gasteiger partial charge on any atom is -0.465 e. The molecular weight excluding hydrogens is 370 g/mol. The van der Waals surface area contributed by atoms with E-state index < -0.39 is 17.6 Å². The number of ether oxygens (including phenoxy) is 1. The van der Waals surface area contributed by atoms with Gasteiger partial charge in [0.1, 0.15) is 18.2 Å². The van der Waals surface area contributed by atoms with Crippen LogP contribution in [0.4, 0.5) is 8.78 Å². The largest absolute Gasteiger partial charge is 0.465 e. The van der Waals surface area contributed by atoms with Crippen molar-refractivity contribution in [3.63, 3.8) is 0 Å². The molecule has 28 heavy (non-hydrogen) atoms. The van der Waals surface area contributed by atoms with Gasteiger partial charge in [0, 0.05) is 25.5 Å². The first-order valence-electron chi connectivity index (χ1n) is 9.29. The van der Waals surface area contributed by atoms with E-state index in [0.29, 0.717) is 12.5 Å². The highest BCUT2D eigenvalue weighted by Crippen LogP contribution is 2.30. The van der Waals surface area contributed by atoms with Gasteiger partial charge in [-0.2, -0.15) is 0 Å². The fourth-order valence-electron chi connectivity index (χ4n) is 2.84. The Bertz CT molecular complexity index is 848. The monoisotopic (exact) mass is 392 g/mol. The Morgan fingerprint density at radius 1 is 1.32 bits per heavy atom. The first-order valence-corrected chi connectivity index (χ1v) is 9.29. The van der Waals surface area contributed by atoms with Gasteiger partial charge in [0.15, 0.2) is 11.7 Å². The fraction of sp³-hybridized carbons (Fsp3) is 0.450. The molecule has 8 heteroatoms. The summed E-state index contributed by atoms with van der Waals surface area (Å²) in [6.07, 6.45) is 3.78. The summed E-state index contributed by atoms with van der Waals surface area (Å²) < 4.78 is 37.3. The van der Waals surface area contributed by atoms with Gasteiger partial charge in [-0.25, -0.2) is 13.8 Å². The average molecular weight is 392 g/mol. The number of aryl methyl sites for hydroxylation is 1. The SMILES string of the molecule is CCOC(=O)CN(CC1CC1)C(=O)CCc1ncc(-c2ccc(F)cc2F)o1. The summed E-state index contributed by atoms with van der Waals surface area (Å²) in [5, 5.41) is 0. The van der Waals surface area contributed by atoms with Crippen LogP contribution in [0, 0.1) is 17.6 Å². The third kappa shape index (κ3) is 5.37. The first kappa shape index (κ1) is 20.0. The second-order valence-electron chi connectivity index (χ2n) is 6.77. The van der Waals surface area contributed by atoms with Crippen LogP contribution in [0.15, 0.2) is 28.8 Å². The molecule has 150 valence electrons. The van der Waals surface area contributed by atoms with Crippen molar-refractivity contribution in [3.05, 3.63) is 41.9 Å². The highest BCUT2D eigenvalue weighted by Gasteiger charge is 2.28. The molecule has 0 saturated heterocycles. The maximum atomic E-state index is 13.8. The van der Waals surface area contributed by atoms with Crippen molar-refractivity contribution in [1.82, 2.24) is 9.88 Å². The summed E-state index contributed by atoms with van der Waals surface area (Å²) in [4.78, 5) is 29.9. The Labute approximate surface area is 161 Å². The predicted molar refractivity (Wildman–Crippen MR) is 96.1 cm³/mol. The summed E-state index contributed by atoms with van der Waals surface area (Å²) in [5.74, 6) is -1.16. The second kappa shape index (κ2) is 8.95. The van der Waals surface area contributed by atoms with Crippen molar-refractivity contribution in [2.75, 3.05) is 19.7 Å². The zero-order chi connectivity index (χ0) is 20.1. The van der Waals surface area contributed by atoms with Gasteiger partial charge in [-0.3, -0.25) is 9.59 Å². The minimum atomic E-state index is -0.746. The van der Waals surface area contributed by atoms with Gasteiger partial charge >= 0.3 is 5.97 Å². The number of carbonyl (C=O) groups excluding carboxylic acids is 2. The molecule has 1 fully saturated rings. The van der Waals surface area contributed by atoms with Gasteiger partial charge in [0.25, 0.3) is 0 Å². The Kier molecular flexibility index (Phi) is 6.38. The molecule has 0 bridgehead atoms. The van der Waals surface area contributed by atoms with Crippen LogP contribution in [-0.4, -0.2) is 41.5 Å². The average Bonchev–Trinajstić information content (AvgIpc) is 3.34. The van der Waals surface area contributed by atoms with E-state index >= 15 is 0 Å². The quantitative estimate of drug-likeness (QED) is 0.612. The zero-order valence-corrected chi connectivity index (χ0v) is 15.6. The fourth-order valence-corrected chi connectivity index (χ4v) is 2.84. The Morgan fingerprint density at radius 2 is 2.11 bits per heavy atom. The van der Waals surface area contributed by atoms with E-state index in [-0.39, 0.29) is 49.1 Å². The van der Waals surface area contributed by atoms with E-state index in [4.69, 9.17) is 9.15 Å². The molecule has 1 aliphatic carbocycles. The van der Waals surface area contributed by atoms with E-state index in [1.807, 2.05) is 0 Å². The molecule has 3 rings (SSSR count). The highest BCUT2D eigenvalue weighted by atomic mass is 19.1. The van der Waals surface area contributed by atoms with Crippen LogP contribution in [0.5, 0.6) is 0 Å². The van der Waals surface area contributed by atoms with Crippen molar-refractivity contribution in [3.8, 4) is 11.3 Å². The number of benzene rings is 1. The third-order valence-electron chi connectivity index (χ3n) is 4.46. The van der Waals surface area contributed by atoms with E-state index in [9.17, 15) is 18.4 Å². The minimum absolute atomic E-state index is 0.0687. The van der Waals surface area contributed by atoms with Crippen LogP contribution in [0.3, 0.4) is 0 Å². The number of carbonyl (C=O) groups is 2. The first-order chi connectivity index (χ1) is 13.5. The molecule has 6 nitrogen and oxygen atoms in total. The number of hydrogen-bond acceptors (Lipinski definition) is 5. The van der Waals surface area contributed by atoms with E-state index in [0.717, 1.165) is 25.0 Å². The lowest BCUT2D eigenvalue weighted by molar-refractivity contribution is -0.149. The van der Waals surface area contributed by atoms with E-state index in [1.165, 1.54) is 17.2 Å². The zero-order valence-electron chi connectivity index (χ0n) is 15.6. The lowest BCUT2D eigenvalue weighted by Crippen LogP contribution is -2.38. The molecule has 0 unspecified atom stereocenters. The molecule has 1 aromatic carbocycles. The molecule has 1 aliphatic rings. The van der Waals surface area contributed by atoms with Gasteiger partial charge in [-0.1, -0.05) is 0 Å². The summed E-state index contributed by atoms with van der Waals surface area (Å²) in [6.45, 7) is 2.45. The van der Waals surface area contributed by atoms with Crippen molar-refractivity contribution >= 4 is 11.9 Å². The molecule has 0 spiro atoms. The maximum absolute atomic E-state index is 13.8. The van der Waals surface area contributed by atoms with Crippen molar-refractivity contribution in [2.45, 2.75) is 32.6 Å².